The van der Waals surface area contributed by atoms with Gasteiger partial charge in [-0.3, -0.25) is 4.79 Å². The topological polar surface area (TPSA) is 57.5 Å². The van der Waals surface area contributed by atoms with Crippen LogP contribution in [0.2, 0.25) is 0 Å². The van der Waals surface area contributed by atoms with Crippen LogP contribution in [0, 0.1) is 23.7 Å². The number of rotatable bonds is 13. The summed E-state index contributed by atoms with van der Waals surface area (Å²) in [5, 5.41) is 19.0. The maximum absolute atomic E-state index is 9.50. The van der Waals surface area contributed by atoms with Crippen LogP contribution >= 0.6 is 0 Å². The van der Waals surface area contributed by atoms with Gasteiger partial charge < -0.3 is 10.2 Å². The molecule has 0 bridgehead atoms. The van der Waals surface area contributed by atoms with Crippen LogP contribution in [0.3, 0.4) is 0 Å². The molecule has 0 radical (unpaired) electrons. The van der Waals surface area contributed by atoms with Crippen molar-refractivity contribution in [2.24, 2.45) is 23.7 Å². The van der Waals surface area contributed by atoms with E-state index in [0.29, 0.717) is 5.57 Å². The molecule has 2 fully saturated rings. The molecule has 0 aromatic heterocycles. The van der Waals surface area contributed by atoms with Gasteiger partial charge >= 0.3 is 0 Å². The van der Waals surface area contributed by atoms with Crippen molar-refractivity contribution < 1.29 is 15.0 Å². The van der Waals surface area contributed by atoms with Crippen LogP contribution in [0.15, 0.2) is 30.4 Å². The van der Waals surface area contributed by atoms with Crippen LogP contribution in [0.4, 0.5) is 0 Å². The molecule has 1 aromatic carbocycles. The van der Waals surface area contributed by atoms with Gasteiger partial charge in [0, 0.05) is 5.92 Å². The minimum Gasteiger partial charge on any atom is -0.396 e. The zero-order valence-electron chi connectivity index (χ0n) is 24.2. The molecule has 0 atom stereocenters. The molecule has 1 aromatic rings. The summed E-state index contributed by atoms with van der Waals surface area (Å²) in [7, 11) is 0. The number of aliphatic hydroxyl groups excluding tert-OH is 2. The van der Waals surface area contributed by atoms with Crippen molar-refractivity contribution in [2.45, 2.75) is 123 Å². The van der Waals surface area contributed by atoms with Gasteiger partial charge in [0.25, 0.3) is 0 Å². The van der Waals surface area contributed by atoms with Crippen molar-refractivity contribution in [2.75, 3.05) is 13.2 Å². The van der Waals surface area contributed by atoms with Gasteiger partial charge in [0.2, 0.25) is 0 Å². The molecule has 0 amide bonds. The van der Waals surface area contributed by atoms with Gasteiger partial charge in [-0.05, 0) is 97.8 Å². The van der Waals surface area contributed by atoms with E-state index in [1.807, 2.05) is 0 Å². The largest absolute Gasteiger partial charge is 0.396 e. The maximum Gasteiger partial charge on any atom is 0.145 e. The summed E-state index contributed by atoms with van der Waals surface area (Å²) < 4.78 is 0. The van der Waals surface area contributed by atoms with E-state index in [1.54, 1.807) is 6.92 Å². The number of carbonyl (C=O) groups excluding carboxylic acids is 1. The van der Waals surface area contributed by atoms with E-state index in [1.165, 1.54) is 101 Å². The van der Waals surface area contributed by atoms with E-state index in [4.69, 9.17) is 0 Å². The monoisotopic (exact) mass is 512 g/mol. The number of hydrogen-bond donors (Lipinski definition) is 2. The lowest BCUT2D eigenvalue weighted by atomic mass is 9.68. The fourth-order valence-corrected chi connectivity index (χ4v) is 6.68. The van der Waals surface area contributed by atoms with Gasteiger partial charge in [-0.1, -0.05) is 90.0 Å². The number of carbonyl (C=O) groups is 1. The van der Waals surface area contributed by atoms with Gasteiger partial charge in [-0.25, -0.2) is 0 Å². The molecule has 210 valence electrons. The van der Waals surface area contributed by atoms with Crippen LogP contribution in [-0.4, -0.2) is 29.7 Å². The van der Waals surface area contributed by atoms with Crippen molar-refractivity contribution in [3.8, 4) is 0 Å². The predicted molar refractivity (Wildman–Crippen MR) is 157 cm³/mol. The molecule has 3 nitrogen and oxygen atoms in total. The van der Waals surface area contributed by atoms with Crippen LogP contribution < -0.4 is 0 Å². The molecule has 0 spiro atoms. The summed E-state index contributed by atoms with van der Waals surface area (Å²) in [6.45, 7) is 9.54. The smallest absolute Gasteiger partial charge is 0.145 e. The summed E-state index contributed by atoms with van der Waals surface area (Å²) in [5.74, 6) is 3.85. The molecule has 37 heavy (non-hydrogen) atoms. The fourth-order valence-electron chi connectivity index (χ4n) is 6.68. The van der Waals surface area contributed by atoms with Gasteiger partial charge in [0.05, 0.1) is 13.2 Å². The van der Waals surface area contributed by atoms with Crippen LogP contribution in [0.25, 0.3) is 0 Å². The van der Waals surface area contributed by atoms with E-state index in [-0.39, 0.29) is 19.1 Å². The van der Waals surface area contributed by atoms with Crippen LogP contribution in [-0.2, 0) is 17.6 Å². The SMILES string of the molecule is C=C(C)C=O.CCCCCC1CCC(C2CCC(CCc3ccc(C(CO)CO)cc3CC)CC2)CC1. The predicted octanol–water partition coefficient (Wildman–Crippen LogP) is 8.20. The molecule has 0 saturated heterocycles. The third-order valence-corrected chi connectivity index (χ3v) is 9.21. The van der Waals surface area contributed by atoms with E-state index in [0.717, 1.165) is 41.9 Å². The Morgan fingerprint density at radius 2 is 1.43 bits per heavy atom. The summed E-state index contributed by atoms with van der Waals surface area (Å²) in [5.41, 5.74) is 4.54. The number of aldehydes is 1. The molecule has 0 unspecified atom stereocenters. The maximum atomic E-state index is 9.50. The van der Waals surface area contributed by atoms with E-state index < -0.39 is 0 Å². The Labute approximate surface area is 228 Å². The molecule has 2 aliphatic rings. The molecule has 3 heteroatoms. The molecular weight excluding hydrogens is 456 g/mol. The summed E-state index contributed by atoms with van der Waals surface area (Å²) in [6, 6.07) is 6.61. The quantitative estimate of drug-likeness (QED) is 0.159. The van der Waals surface area contributed by atoms with E-state index >= 15 is 0 Å². The number of benzene rings is 1. The van der Waals surface area contributed by atoms with Crippen molar-refractivity contribution in [1.29, 1.82) is 0 Å². The Kier molecular flexibility index (Phi) is 15.4. The number of allylic oxidation sites excluding steroid dienone is 1. The Morgan fingerprint density at radius 1 is 0.892 bits per heavy atom. The van der Waals surface area contributed by atoms with Gasteiger partial charge in [0.1, 0.15) is 6.29 Å². The highest BCUT2D eigenvalue weighted by atomic mass is 16.3. The standard InChI is InChI=1S/C30H50O2.C4H6O/c1-3-5-6-7-23-8-14-27(15-9-23)28-16-11-24(12-17-28)10-13-26-18-19-29(20-25(26)4-2)30(21-31)22-32;1-4(2)3-5/h18-20,23-24,27-28,30-32H,3-17,21-22H2,1-2H3;3H,1H2,2H3. The normalized spacial score (nSPS) is 23.8. The lowest BCUT2D eigenvalue weighted by molar-refractivity contribution is -0.104. The lowest BCUT2D eigenvalue weighted by Crippen LogP contribution is -2.26. The Hall–Kier alpha value is -1.45. The van der Waals surface area contributed by atoms with E-state index in [9.17, 15) is 15.0 Å². The third-order valence-electron chi connectivity index (χ3n) is 9.21. The first-order valence-electron chi connectivity index (χ1n) is 15.4. The summed E-state index contributed by atoms with van der Waals surface area (Å²) in [4.78, 5) is 9.41. The Balaban J connectivity index is 0.000000877. The first-order chi connectivity index (χ1) is 17.9. The third kappa shape index (κ3) is 11.1. The van der Waals surface area contributed by atoms with Gasteiger partial charge in [0.15, 0.2) is 0 Å². The summed E-state index contributed by atoms with van der Waals surface area (Å²) in [6.07, 6.45) is 21.9. The molecule has 3 rings (SSSR count). The average molecular weight is 513 g/mol. The van der Waals surface area contributed by atoms with Gasteiger partial charge in [-0.2, -0.15) is 0 Å². The van der Waals surface area contributed by atoms with Gasteiger partial charge in [-0.15, -0.1) is 0 Å². The number of unbranched alkanes of at least 4 members (excludes halogenated alkanes) is 2. The van der Waals surface area contributed by atoms with Crippen molar-refractivity contribution >= 4 is 6.29 Å². The molecule has 0 heterocycles. The molecule has 2 aliphatic carbocycles. The lowest BCUT2D eigenvalue weighted by Gasteiger charge is -2.38. The van der Waals surface area contributed by atoms with Crippen LogP contribution in [0.5, 0.6) is 0 Å². The number of aryl methyl sites for hydroxylation is 2. The van der Waals surface area contributed by atoms with Crippen molar-refractivity contribution in [1.82, 2.24) is 0 Å². The van der Waals surface area contributed by atoms with Crippen LogP contribution in [0.1, 0.15) is 127 Å². The fraction of sp³-hybridized carbons (Fsp3) is 0.735. The first-order valence-corrected chi connectivity index (χ1v) is 15.4. The minimum atomic E-state index is -0.143. The Morgan fingerprint density at radius 3 is 1.89 bits per heavy atom. The first kappa shape index (κ1) is 31.8. The number of hydrogen-bond acceptors (Lipinski definition) is 3. The highest BCUT2D eigenvalue weighted by Gasteiger charge is 2.30. The Bertz CT molecular complexity index is 765. The molecular formula is C34H56O3. The second kappa shape index (κ2) is 17.9. The zero-order chi connectivity index (χ0) is 27.0. The second-order valence-corrected chi connectivity index (χ2v) is 12.0. The molecule has 0 aliphatic heterocycles. The highest BCUT2D eigenvalue weighted by molar-refractivity contribution is 5.70. The van der Waals surface area contributed by atoms with Crippen molar-refractivity contribution in [3.05, 3.63) is 47.0 Å². The number of aliphatic hydroxyl groups is 2. The minimum absolute atomic E-state index is 0.0166. The summed E-state index contributed by atoms with van der Waals surface area (Å²) >= 11 is 0. The van der Waals surface area contributed by atoms with E-state index in [2.05, 4.69) is 38.6 Å². The van der Waals surface area contributed by atoms with Crippen molar-refractivity contribution in [3.63, 3.8) is 0 Å². The second-order valence-electron chi connectivity index (χ2n) is 12.0. The zero-order valence-corrected chi connectivity index (χ0v) is 24.2. The highest BCUT2D eigenvalue weighted by Crippen LogP contribution is 2.43. The average Bonchev–Trinajstić information content (AvgIpc) is 2.94. The molecule has 2 N–H and O–H groups in total. The molecule has 2 saturated carbocycles.